The van der Waals surface area contributed by atoms with Gasteiger partial charge in [0.1, 0.15) is 6.26 Å². The Hall–Kier alpha value is -2.88. The van der Waals surface area contributed by atoms with Crippen LogP contribution in [0.4, 0.5) is 0 Å². The number of carbonyl (C=O) groups is 1. The first kappa shape index (κ1) is 14.7. The zero-order valence-electron chi connectivity index (χ0n) is 13.3. The summed E-state index contributed by atoms with van der Waals surface area (Å²) < 4.78 is 5.32. The molecule has 4 nitrogen and oxygen atoms in total. The normalized spacial score (nSPS) is 25.4. The summed E-state index contributed by atoms with van der Waals surface area (Å²) in [6.07, 6.45) is 3.18. The number of aromatic nitrogens is 1. The van der Waals surface area contributed by atoms with Gasteiger partial charge in [-0.05, 0) is 30.2 Å². The van der Waals surface area contributed by atoms with Crippen LogP contribution in [0.5, 0.6) is 0 Å². The Labute approximate surface area is 140 Å². The van der Waals surface area contributed by atoms with Crippen LogP contribution in [0.1, 0.15) is 29.9 Å². The number of rotatable bonds is 4. The van der Waals surface area contributed by atoms with Crippen molar-refractivity contribution in [1.82, 2.24) is 4.98 Å². The van der Waals surface area contributed by atoms with Crippen LogP contribution in [0.15, 0.2) is 71.5 Å². The maximum atomic E-state index is 12.1. The molecule has 1 aromatic heterocycles. The van der Waals surface area contributed by atoms with E-state index in [0.29, 0.717) is 5.89 Å². The molecule has 1 amide bonds. The van der Waals surface area contributed by atoms with Gasteiger partial charge < -0.3 is 10.2 Å². The minimum atomic E-state index is -0.550. The van der Waals surface area contributed by atoms with Gasteiger partial charge in [-0.25, -0.2) is 4.98 Å². The summed E-state index contributed by atoms with van der Waals surface area (Å²) >= 11 is 0. The molecule has 3 atom stereocenters. The predicted octanol–water partition coefficient (Wildman–Crippen LogP) is 3.71. The molecule has 1 fully saturated rings. The number of hydrogen-bond acceptors (Lipinski definition) is 3. The molecule has 0 unspecified atom stereocenters. The lowest BCUT2D eigenvalue weighted by Gasteiger charge is -2.07. The largest absolute Gasteiger partial charge is 0.445 e. The first-order valence-corrected chi connectivity index (χ1v) is 7.97. The molecule has 0 aliphatic heterocycles. The fraction of sp³-hybridized carbons (Fsp3) is 0.200. The Morgan fingerprint density at radius 1 is 1.04 bits per heavy atom. The number of amides is 1. The number of carbonyl (C=O) groups excluding carboxylic acids is 1. The number of nitrogens with zero attached hydrogens (tertiary/aromatic N) is 1. The highest BCUT2D eigenvalue weighted by Gasteiger charge is 2.66. The van der Waals surface area contributed by atoms with E-state index < -0.39 is 5.41 Å². The van der Waals surface area contributed by atoms with Crippen LogP contribution < -0.4 is 5.73 Å². The fourth-order valence-electron chi connectivity index (χ4n) is 3.76. The number of benzene rings is 2. The topological polar surface area (TPSA) is 69.1 Å². The predicted molar refractivity (Wildman–Crippen MR) is 91.2 cm³/mol. The highest BCUT2D eigenvalue weighted by atomic mass is 16.3. The summed E-state index contributed by atoms with van der Waals surface area (Å²) in [6, 6.07) is 18.1. The van der Waals surface area contributed by atoms with Crippen LogP contribution in [-0.2, 0) is 4.79 Å². The summed E-state index contributed by atoms with van der Waals surface area (Å²) in [4.78, 5) is 16.3. The van der Waals surface area contributed by atoms with Gasteiger partial charge in [-0.2, -0.15) is 0 Å². The Morgan fingerprint density at radius 3 is 2.21 bits per heavy atom. The van der Waals surface area contributed by atoms with Gasteiger partial charge in [-0.1, -0.05) is 42.5 Å². The summed E-state index contributed by atoms with van der Waals surface area (Å²) in [5.41, 5.74) is 8.36. The maximum Gasteiger partial charge on any atom is 0.225 e. The lowest BCUT2D eigenvalue weighted by atomic mass is 9.99. The van der Waals surface area contributed by atoms with Crippen LogP contribution in [-0.4, -0.2) is 10.9 Å². The minimum Gasteiger partial charge on any atom is -0.445 e. The molecule has 2 aromatic carbocycles. The first-order chi connectivity index (χ1) is 11.6. The molecule has 1 saturated carbocycles. The molecule has 0 bridgehead atoms. The second-order valence-electron chi connectivity index (χ2n) is 6.47. The molecule has 0 radical (unpaired) electrons. The number of nitrogens with two attached hydrogens (primary N) is 1. The molecule has 3 aromatic rings. The number of hydrogen-bond donors (Lipinski definition) is 1. The highest BCUT2D eigenvalue weighted by Crippen LogP contribution is 2.69. The molecule has 24 heavy (non-hydrogen) atoms. The fourth-order valence-corrected chi connectivity index (χ4v) is 3.76. The zero-order valence-corrected chi connectivity index (χ0v) is 13.3. The Bertz CT molecular complexity index is 856. The van der Waals surface area contributed by atoms with Crippen molar-refractivity contribution in [3.8, 4) is 11.5 Å². The van der Waals surface area contributed by atoms with Crippen molar-refractivity contribution in [2.24, 2.45) is 11.1 Å². The maximum absolute atomic E-state index is 12.1. The standard InChI is InChI=1S/C20H18N2O2/c1-20(19(21)23)16(13-5-3-2-4-6-13)17(20)14-7-9-15(10-8-14)18-22-11-12-24-18/h2-12,16-17H,1H3,(H2,21,23)/t16-,17-,20+/m0/s1. The van der Waals surface area contributed by atoms with Gasteiger partial charge >= 0.3 is 0 Å². The average molecular weight is 318 g/mol. The van der Waals surface area contributed by atoms with E-state index in [1.165, 1.54) is 0 Å². The van der Waals surface area contributed by atoms with Crippen molar-refractivity contribution in [3.63, 3.8) is 0 Å². The number of primary amides is 1. The third-order valence-electron chi connectivity index (χ3n) is 5.16. The van der Waals surface area contributed by atoms with Crippen molar-refractivity contribution < 1.29 is 9.21 Å². The Balaban J connectivity index is 1.68. The van der Waals surface area contributed by atoms with Crippen LogP contribution >= 0.6 is 0 Å². The van der Waals surface area contributed by atoms with Gasteiger partial charge in [0, 0.05) is 17.4 Å². The molecule has 1 aliphatic rings. The van der Waals surface area contributed by atoms with Crippen molar-refractivity contribution in [2.75, 3.05) is 0 Å². The van der Waals surface area contributed by atoms with E-state index in [1.807, 2.05) is 49.4 Å². The van der Waals surface area contributed by atoms with E-state index >= 15 is 0 Å². The van der Waals surface area contributed by atoms with Gasteiger partial charge in [0.15, 0.2) is 0 Å². The molecule has 1 aliphatic carbocycles. The highest BCUT2D eigenvalue weighted by molar-refractivity contribution is 5.88. The Morgan fingerprint density at radius 2 is 1.67 bits per heavy atom. The third-order valence-corrected chi connectivity index (χ3v) is 5.16. The summed E-state index contributed by atoms with van der Waals surface area (Å²) in [5, 5.41) is 0. The number of oxazole rings is 1. The molecule has 4 heteroatoms. The molecular weight excluding hydrogens is 300 g/mol. The van der Waals surface area contributed by atoms with Gasteiger partial charge in [0.25, 0.3) is 0 Å². The SMILES string of the molecule is C[C@@]1(C(N)=O)[C@@H](c2ccccc2)[C@@H]1c1ccc(-c2ncco2)cc1. The zero-order chi connectivity index (χ0) is 16.7. The van der Waals surface area contributed by atoms with Crippen LogP contribution in [0.25, 0.3) is 11.5 Å². The van der Waals surface area contributed by atoms with E-state index in [-0.39, 0.29) is 17.7 Å². The second kappa shape index (κ2) is 5.34. The van der Waals surface area contributed by atoms with Crippen LogP contribution in [0.2, 0.25) is 0 Å². The van der Waals surface area contributed by atoms with E-state index in [9.17, 15) is 4.79 Å². The molecule has 120 valence electrons. The van der Waals surface area contributed by atoms with Crippen LogP contribution in [0, 0.1) is 5.41 Å². The van der Waals surface area contributed by atoms with Gasteiger partial charge in [-0.15, -0.1) is 0 Å². The molecule has 4 rings (SSSR count). The summed E-state index contributed by atoms with van der Waals surface area (Å²) in [7, 11) is 0. The van der Waals surface area contributed by atoms with Crippen molar-refractivity contribution in [3.05, 3.63) is 78.2 Å². The molecule has 1 heterocycles. The van der Waals surface area contributed by atoms with E-state index in [4.69, 9.17) is 10.2 Å². The van der Waals surface area contributed by atoms with Gasteiger partial charge in [0.05, 0.1) is 11.6 Å². The molecule has 2 N–H and O–H groups in total. The van der Waals surface area contributed by atoms with Crippen molar-refractivity contribution in [1.29, 1.82) is 0 Å². The second-order valence-corrected chi connectivity index (χ2v) is 6.47. The monoisotopic (exact) mass is 318 g/mol. The van der Waals surface area contributed by atoms with Gasteiger partial charge in [-0.3, -0.25) is 4.79 Å². The van der Waals surface area contributed by atoms with Gasteiger partial charge in [0.2, 0.25) is 11.8 Å². The summed E-state index contributed by atoms with van der Waals surface area (Å²) in [5.74, 6) is 0.549. The van der Waals surface area contributed by atoms with E-state index in [0.717, 1.165) is 16.7 Å². The van der Waals surface area contributed by atoms with Crippen LogP contribution in [0.3, 0.4) is 0 Å². The third kappa shape index (κ3) is 2.14. The average Bonchev–Trinajstić information content (AvgIpc) is 2.97. The Kier molecular flexibility index (Phi) is 3.27. The molecule has 0 spiro atoms. The van der Waals surface area contributed by atoms with E-state index in [1.54, 1.807) is 12.5 Å². The van der Waals surface area contributed by atoms with E-state index in [2.05, 4.69) is 17.1 Å². The molecule has 0 saturated heterocycles. The summed E-state index contributed by atoms with van der Waals surface area (Å²) in [6.45, 7) is 1.96. The van der Waals surface area contributed by atoms with Crippen molar-refractivity contribution >= 4 is 5.91 Å². The lowest BCUT2D eigenvalue weighted by Crippen LogP contribution is -2.24. The quantitative estimate of drug-likeness (QED) is 0.797. The smallest absolute Gasteiger partial charge is 0.225 e. The lowest BCUT2D eigenvalue weighted by molar-refractivity contribution is -0.122. The first-order valence-electron chi connectivity index (χ1n) is 7.97. The van der Waals surface area contributed by atoms with Crippen molar-refractivity contribution in [2.45, 2.75) is 18.8 Å². The minimum absolute atomic E-state index is 0.0935. The molecular formula is C20H18N2O2.